The van der Waals surface area contributed by atoms with E-state index in [0.717, 1.165) is 77.0 Å². The van der Waals surface area contributed by atoms with Crippen molar-refractivity contribution in [2.24, 2.45) is 0 Å². The summed E-state index contributed by atoms with van der Waals surface area (Å²) in [6.07, 6.45) is 36.1. The molecule has 0 aliphatic carbocycles. The van der Waals surface area contributed by atoms with Crippen LogP contribution in [-0.2, 0) is 32.7 Å². The molecule has 1 atom stereocenters. The number of hydrogen-bond donors (Lipinski definition) is 0. The lowest BCUT2D eigenvalue weighted by molar-refractivity contribution is -0.162. The van der Waals surface area contributed by atoms with E-state index in [1.807, 2.05) is 0 Å². The van der Waals surface area contributed by atoms with Crippen LogP contribution in [0, 0.1) is 0 Å². The van der Waals surface area contributed by atoms with Crippen molar-refractivity contribution in [1.29, 1.82) is 0 Å². The maximum absolute atomic E-state index is 15.3. The molecule has 0 aromatic rings. The van der Waals surface area contributed by atoms with Crippen molar-refractivity contribution in [3.05, 3.63) is 24.3 Å². The van der Waals surface area contributed by atoms with E-state index in [1.54, 1.807) is 0 Å². The normalized spacial score (nSPS) is 12.9. The summed E-state index contributed by atoms with van der Waals surface area (Å²) < 4.78 is 64.1. The van der Waals surface area contributed by atoms with Gasteiger partial charge in [0.25, 0.3) is 0 Å². The van der Waals surface area contributed by atoms with Gasteiger partial charge in [0, 0.05) is 12.8 Å². The van der Waals surface area contributed by atoms with Crippen LogP contribution in [-0.4, -0.2) is 43.5 Å². The molecule has 0 aromatic carbocycles. The summed E-state index contributed by atoms with van der Waals surface area (Å²) in [7, 11) is -4.84. The summed E-state index contributed by atoms with van der Waals surface area (Å²) in [5, 5.41) is 0. The molecule has 0 aromatic heterocycles. The highest BCUT2D eigenvalue weighted by Crippen LogP contribution is 2.63. The largest absolute Gasteiger partial charge is 0.462 e. The van der Waals surface area contributed by atoms with Gasteiger partial charge in [-0.15, -0.1) is 0 Å². The second-order valence-corrected chi connectivity index (χ2v) is 16.8. The topological polar surface area (TPSA) is 88.1 Å². The highest BCUT2D eigenvalue weighted by Gasteiger charge is 2.55. The molecule has 0 unspecified atom stereocenters. The zero-order valence-corrected chi connectivity index (χ0v) is 36.0. The average Bonchev–Trinajstić information content (AvgIpc) is 3.13. The van der Waals surface area contributed by atoms with Crippen LogP contribution in [0.1, 0.15) is 214 Å². The molecule has 0 fully saturated rings. The molecule has 7 nitrogen and oxygen atoms in total. The van der Waals surface area contributed by atoms with E-state index < -0.39 is 44.3 Å². The number of halogens is 2. The first kappa shape index (κ1) is 52.4. The molecule has 0 aliphatic rings. The first-order valence-electron chi connectivity index (χ1n) is 22.1. The summed E-state index contributed by atoms with van der Waals surface area (Å²) in [6.45, 7) is 6.35. The molecule has 0 N–H and O–H groups in total. The number of hydrogen-bond acceptors (Lipinski definition) is 7. The minimum Gasteiger partial charge on any atom is -0.462 e. The number of alkyl halides is 2. The number of rotatable bonds is 40. The number of carbonyl (C=O) groups excluding carboxylic acids is 2. The van der Waals surface area contributed by atoms with Crippen molar-refractivity contribution in [1.82, 2.24) is 0 Å². The molecule has 0 spiro atoms. The number of allylic oxidation sites excluding steroid dienone is 4. The van der Waals surface area contributed by atoms with E-state index in [0.29, 0.717) is 12.8 Å². The molecule has 0 saturated heterocycles. The highest BCUT2D eigenvalue weighted by atomic mass is 31.2. The van der Waals surface area contributed by atoms with Crippen LogP contribution in [0.3, 0.4) is 0 Å². The molecule has 0 aliphatic heterocycles. The van der Waals surface area contributed by atoms with Crippen molar-refractivity contribution in [3.63, 3.8) is 0 Å². The summed E-state index contributed by atoms with van der Waals surface area (Å²) in [5.41, 5.74) is -3.94. The van der Waals surface area contributed by atoms with E-state index in [1.165, 1.54) is 90.9 Å². The second-order valence-electron chi connectivity index (χ2n) is 14.7. The van der Waals surface area contributed by atoms with Gasteiger partial charge >= 0.3 is 25.2 Å². The van der Waals surface area contributed by atoms with Crippen molar-refractivity contribution in [3.8, 4) is 0 Å². The lowest BCUT2D eigenvalue weighted by atomic mass is 10.1. The van der Waals surface area contributed by atoms with Crippen molar-refractivity contribution >= 4 is 19.5 Å². The van der Waals surface area contributed by atoms with Gasteiger partial charge in [0.05, 0.1) is 19.6 Å². The zero-order valence-electron chi connectivity index (χ0n) is 35.1. The van der Waals surface area contributed by atoms with Gasteiger partial charge in [0.2, 0.25) is 0 Å². The standard InChI is InChI=1S/C44H81F2O7P/c1-5-9-11-13-15-17-19-21-23-25-27-29-31-33-35-37-42(47)50-40-41(39-44(45,46)54(49,51-7-3)52-8-4)53-43(48)38-36-34-32-30-28-26-24-22-20-18-16-14-12-10-6-2/h21-24,41H,5-20,25-40H2,1-4H3/b23-21-,24-22-/t41-/m1/s1. The van der Waals surface area contributed by atoms with Crippen LogP contribution < -0.4 is 0 Å². The molecule has 54 heavy (non-hydrogen) atoms. The summed E-state index contributed by atoms with van der Waals surface area (Å²) >= 11 is 0. The van der Waals surface area contributed by atoms with Gasteiger partial charge in [-0.2, -0.15) is 8.78 Å². The predicted molar refractivity (Wildman–Crippen MR) is 220 cm³/mol. The third-order valence-corrected chi connectivity index (χ3v) is 11.7. The van der Waals surface area contributed by atoms with Gasteiger partial charge in [0.1, 0.15) is 12.7 Å². The van der Waals surface area contributed by atoms with Gasteiger partial charge in [-0.1, -0.05) is 141 Å². The molecule has 0 amide bonds. The van der Waals surface area contributed by atoms with Gasteiger partial charge in [0.15, 0.2) is 0 Å². The fourth-order valence-corrected chi connectivity index (χ4v) is 7.83. The molecule has 0 bridgehead atoms. The van der Waals surface area contributed by atoms with E-state index >= 15 is 8.78 Å². The summed E-state index contributed by atoms with van der Waals surface area (Å²) in [5.74, 6) is -1.18. The van der Waals surface area contributed by atoms with Crippen molar-refractivity contribution in [2.45, 2.75) is 226 Å². The monoisotopic (exact) mass is 791 g/mol. The second kappa shape index (κ2) is 37.0. The van der Waals surface area contributed by atoms with Crippen LogP contribution in [0.5, 0.6) is 0 Å². The molecule has 0 radical (unpaired) electrons. The van der Waals surface area contributed by atoms with Crippen molar-refractivity contribution < 1.29 is 41.5 Å². The molecule has 0 heterocycles. The molecule has 0 rings (SSSR count). The first-order chi connectivity index (χ1) is 26.2. The first-order valence-corrected chi connectivity index (χ1v) is 23.6. The summed E-state index contributed by atoms with van der Waals surface area (Å²) in [6, 6.07) is 0. The molecular formula is C44H81F2O7P. The minimum atomic E-state index is -4.84. The van der Waals surface area contributed by atoms with Crippen LogP contribution >= 0.6 is 7.60 Å². The lowest BCUT2D eigenvalue weighted by Gasteiger charge is -2.28. The van der Waals surface area contributed by atoms with Crippen LogP contribution in [0.25, 0.3) is 0 Å². The number of esters is 2. The smallest absolute Gasteiger partial charge is 0.399 e. The Balaban J connectivity index is 4.55. The predicted octanol–water partition coefficient (Wildman–Crippen LogP) is 14.8. The maximum atomic E-state index is 15.3. The van der Waals surface area contributed by atoms with Gasteiger partial charge in [-0.25, -0.2) is 0 Å². The number of unbranched alkanes of at least 4 members (excludes halogenated alkanes) is 22. The Morgan fingerprint density at radius 3 is 1.28 bits per heavy atom. The van der Waals surface area contributed by atoms with Crippen LogP contribution in [0.15, 0.2) is 24.3 Å². The van der Waals surface area contributed by atoms with Gasteiger partial charge in [-0.05, 0) is 78.1 Å². The molecular weight excluding hydrogens is 709 g/mol. The maximum Gasteiger partial charge on any atom is 0.399 e. The number of carbonyl (C=O) groups is 2. The van der Waals surface area contributed by atoms with E-state index in [2.05, 4.69) is 38.2 Å². The zero-order chi connectivity index (χ0) is 40.0. The molecule has 0 saturated carbocycles. The van der Waals surface area contributed by atoms with Crippen LogP contribution in [0.4, 0.5) is 8.78 Å². The van der Waals surface area contributed by atoms with Gasteiger partial charge < -0.3 is 18.5 Å². The van der Waals surface area contributed by atoms with E-state index in [4.69, 9.17) is 18.5 Å². The Labute approximate surface area is 330 Å². The lowest BCUT2D eigenvalue weighted by Crippen LogP contribution is -2.33. The quantitative estimate of drug-likeness (QED) is 0.0264. The SMILES string of the molecule is CCCCCCCC/C=C\CCCCCCCC(=O)OC[C@@H](CC(F)(F)P(=O)(OCC)OCC)OC(=O)CCCCCCC/C=C\CCCCCCCC. The Morgan fingerprint density at radius 2 is 0.889 bits per heavy atom. The third-order valence-electron chi connectivity index (χ3n) is 9.49. The molecule has 10 heteroatoms. The fraction of sp³-hybridized carbons (Fsp3) is 0.864. The average molecular weight is 791 g/mol. The molecule has 318 valence electrons. The van der Waals surface area contributed by atoms with E-state index in [-0.39, 0.29) is 26.1 Å². The Morgan fingerprint density at radius 1 is 0.537 bits per heavy atom. The Kier molecular flexibility index (Phi) is 36.0. The Hall–Kier alpha value is -1.57. The number of ether oxygens (including phenoxy) is 2. The fourth-order valence-electron chi connectivity index (χ4n) is 6.27. The van der Waals surface area contributed by atoms with Crippen molar-refractivity contribution in [2.75, 3.05) is 19.8 Å². The van der Waals surface area contributed by atoms with Gasteiger partial charge in [-0.3, -0.25) is 14.2 Å². The minimum absolute atomic E-state index is 0.0671. The highest BCUT2D eigenvalue weighted by molar-refractivity contribution is 7.55. The third kappa shape index (κ3) is 30.6. The summed E-state index contributed by atoms with van der Waals surface area (Å²) in [4.78, 5) is 25.2. The Bertz CT molecular complexity index is 978. The van der Waals surface area contributed by atoms with Crippen LogP contribution in [0.2, 0.25) is 0 Å². The van der Waals surface area contributed by atoms with E-state index in [9.17, 15) is 14.2 Å².